The molecule has 106 valence electrons. The molecule has 1 saturated carbocycles. The summed E-state index contributed by atoms with van der Waals surface area (Å²) in [6.45, 7) is 5.42. The Hall–Kier alpha value is -0.550. The Kier molecular flexibility index (Phi) is 4.43. The molecule has 2 fully saturated rings. The van der Waals surface area contributed by atoms with E-state index in [4.69, 9.17) is 4.42 Å². The Morgan fingerprint density at radius 2 is 2.16 bits per heavy atom. The van der Waals surface area contributed by atoms with Gasteiger partial charge in [-0.2, -0.15) is 11.8 Å². The van der Waals surface area contributed by atoms with Crippen LogP contribution in [0.5, 0.6) is 0 Å². The molecule has 0 N–H and O–H groups in total. The second-order valence-electron chi connectivity index (χ2n) is 5.62. The molecule has 1 atom stereocenters. The van der Waals surface area contributed by atoms with E-state index >= 15 is 0 Å². The Morgan fingerprint density at radius 3 is 2.95 bits per heavy atom. The summed E-state index contributed by atoms with van der Waals surface area (Å²) in [4.78, 5) is 2.49. The summed E-state index contributed by atoms with van der Waals surface area (Å²) in [5, 5.41) is 9.16. The lowest BCUT2D eigenvalue weighted by Crippen LogP contribution is -2.29. The van der Waals surface area contributed by atoms with Crippen molar-refractivity contribution < 1.29 is 4.42 Å². The molecule has 2 heterocycles. The maximum Gasteiger partial charge on any atom is 0.230 e. The first-order valence-electron chi connectivity index (χ1n) is 7.51. The van der Waals surface area contributed by atoms with Gasteiger partial charge in [-0.1, -0.05) is 13.3 Å². The molecule has 4 nitrogen and oxygen atoms in total. The first kappa shape index (κ1) is 13.4. The Labute approximate surface area is 119 Å². The maximum atomic E-state index is 5.78. The fourth-order valence-electron chi connectivity index (χ4n) is 2.71. The molecule has 5 heteroatoms. The van der Waals surface area contributed by atoms with Crippen LogP contribution < -0.4 is 0 Å². The molecule has 0 bridgehead atoms. The number of thioether (sulfide) groups is 1. The maximum absolute atomic E-state index is 5.78. The Morgan fingerprint density at radius 1 is 1.26 bits per heavy atom. The van der Waals surface area contributed by atoms with Crippen LogP contribution in [0.1, 0.15) is 56.7 Å². The third-order valence-electron chi connectivity index (χ3n) is 3.88. The largest absolute Gasteiger partial charge is 0.424 e. The lowest BCUT2D eigenvalue weighted by atomic mass is 10.2. The van der Waals surface area contributed by atoms with Gasteiger partial charge >= 0.3 is 0 Å². The minimum Gasteiger partial charge on any atom is -0.424 e. The molecule has 0 aromatic carbocycles. The van der Waals surface area contributed by atoms with Crippen molar-refractivity contribution in [2.24, 2.45) is 0 Å². The van der Waals surface area contributed by atoms with E-state index in [9.17, 15) is 0 Å². The predicted molar refractivity (Wildman–Crippen MR) is 77.3 cm³/mol. The average molecular weight is 281 g/mol. The molecular weight excluding hydrogens is 258 g/mol. The van der Waals surface area contributed by atoms with Crippen molar-refractivity contribution in [3.63, 3.8) is 0 Å². The van der Waals surface area contributed by atoms with Crippen molar-refractivity contribution in [3.05, 3.63) is 11.8 Å². The Balaban J connectivity index is 1.56. The molecule has 3 rings (SSSR count). The topological polar surface area (TPSA) is 42.2 Å². The highest BCUT2D eigenvalue weighted by Crippen LogP contribution is 2.39. The highest BCUT2D eigenvalue weighted by atomic mass is 32.2. The lowest BCUT2D eigenvalue weighted by Gasteiger charge is -2.22. The fourth-order valence-corrected chi connectivity index (χ4v) is 3.83. The summed E-state index contributed by atoms with van der Waals surface area (Å²) >= 11 is 2.09. The summed E-state index contributed by atoms with van der Waals surface area (Å²) < 4.78 is 5.78. The van der Waals surface area contributed by atoms with Gasteiger partial charge in [0.25, 0.3) is 0 Å². The molecule has 1 saturated heterocycles. The number of nitrogens with zero attached hydrogens (tertiary/aromatic N) is 3. The molecule has 19 heavy (non-hydrogen) atoms. The van der Waals surface area contributed by atoms with E-state index in [1.165, 1.54) is 50.9 Å². The molecule has 0 spiro atoms. The van der Waals surface area contributed by atoms with Gasteiger partial charge < -0.3 is 4.42 Å². The molecule has 1 aromatic heterocycles. The summed E-state index contributed by atoms with van der Waals surface area (Å²) in [5.41, 5.74) is 0. The summed E-state index contributed by atoms with van der Waals surface area (Å²) in [6.07, 6.45) is 6.45. The van der Waals surface area contributed by atoms with Crippen molar-refractivity contribution in [2.75, 3.05) is 18.8 Å². The lowest BCUT2D eigenvalue weighted by molar-refractivity contribution is 0.247. The van der Waals surface area contributed by atoms with E-state index in [2.05, 4.69) is 33.8 Å². The number of aromatic nitrogens is 2. The van der Waals surface area contributed by atoms with Gasteiger partial charge in [-0.05, 0) is 38.0 Å². The van der Waals surface area contributed by atoms with Crippen LogP contribution in [-0.2, 0) is 6.54 Å². The van der Waals surface area contributed by atoms with E-state index in [1.54, 1.807) is 0 Å². The third kappa shape index (κ3) is 3.72. The highest BCUT2D eigenvalue weighted by Gasteiger charge is 2.29. The molecular formula is C14H23N3OS. The zero-order chi connectivity index (χ0) is 13.1. The summed E-state index contributed by atoms with van der Waals surface area (Å²) in [5.74, 6) is 3.45. The van der Waals surface area contributed by atoms with Crippen molar-refractivity contribution in [1.82, 2.24) is 15.1 Å². The molecule has 0 unspecified atom stereocenters. The van der Waals surface area contributed by atoms with E-state index in [0.29, 0.717) is 5.92 Å². The quantitative estimate of drug-likeness (QED) is 0.830. The smallest absolute Gasteiger partial charge is 0.230 e. The highest BCUT2D eigenvalue weighted by molar-refractivity contribution is 7.99. The van der Waals surface area contributed by atoms with Crippen LogP contribution >= 0.6 is 11.8 Å². The van der Waals surface area contributed by atoms with Gasteiger partial charge in [-0.15, -0.1) is 10.2 Å². The van der Waals surface area contributed by atoms with Crippen molar-refractivity contribution in [3.8, 4) is 0 Å². The van der Waals surface area contributed by atoms with Crippen LogP contribution in [0.2, 0.25) is 0 Å². The molecule has 0 amide bonds. The summed E-state index contributed by atoms with van der Waals surface area (Å²) in [7, 11) is 0. The first-order valence-corrected chi connectivity index (χ1v) is 8.56. The zero-order valence-electron chi connectivity index (χ0n) is 11.7. The second kappa shape index (κ2) is 6.27. The standard InChI is InChI=1S/C14H23N3OS/c1-2-19-12-5-3-4-8-17(9-12)10-13-15-16-14(18-13)11-6-7-11/h11-12H,2-10H2,1H3/t12-/m1/s1. The number of likely N-dealkylation sites (tertiary alicyclic amines) is 1. The van der Waals surface area contributed by atoms with Gasteiger partial charge in [0.05, 0.1) is 6.54 Å². The van der Waals surface area contributed by atoms with Crippen LogP contribution in [0.3, 0.4) is 0 Å². The third-order valence-corrected chi connectivity index (χ3v) is 5.07. The van der Waals surface area contributed by atoms with E-state index in [-0.39, 0.29) is 0 Å². The summed E-state index contributed by atoms with van der Waals surface area (Å²) in [6, 6.07) is 0. The van der Waals surface area contributed by atoms with Gasteiger partial charge in [0.15, 0.2) is 0 Å². The van der Waals surface area contributed by atoms with Crippen molar-refractivity contribution in [2.45, 2.75) is 56.7 Å². The monoisotopic (exact) mass is 281 g/mol. The van der Waals surface area contributed by atoms with Crippen LogP contribution in [0, 0.1) is 0 Å². The van der Waals surface area contributed by atoms with Crippen molar-refractivity contribution in [1.29, 1.82) is 0 Å². The molecule has 1 aliphatic heterocycles. The van der Waals surface area contributed by atoms with Crippen LogP contribution in [-0.4, -0.2) is 39.2 Å². The first-order chi connectivity index (χ1) is 9.35. The van der Waals surface area contributed by atoms with E-state index < -0.39 is 0 Å². The normalized spacial score (nSPS) is 25.4. The van der Waals surface area contributed by atoms with Gasteiger partial charge in [-0.3, -0.25) is 4.90 Å². The zero-order valence-corrected chi connectivity index (χ0v) is 12.5. The van der Waals surface area contributed by atoms with Gasteiger partial charge in [0.1, 0.15) is 0 Å². The molecule has 2 aliphatic rings. The SMILES string of the molecule is CCS[C@@H]1CCCCN(Cc2nnc(C3CC3)o2)C1. The van der Waals surface area contributed by atoms with Crippen LogP contribution in [0.15, 0.2) is 4.42 Å². The Bertz CT molecular complexity index is 405. The van der Waals surface area contributed by atoms with Crippen LogP contribution in [0.25, 0.3) is 0 Å². The minimum atomic E-state index is 0.564. The van der Waals surface area contributed by atoms with E-state index in [0.717, 1.165) is 23.6 Å². The fraction of sp³-hybridized carbons (Fsp3) is 0.857. The molecule has 1 aliphatic carbocycles. The minimum absolute atomic E-state index is 0.564. The van der Waals surface area contributed by atoms with Gasteiger partial charge in [-0.25, -0.2) is 0 Å². The van der Waals surface area contributed by atoms with Crippen LogP contribution in [0.4, 0.5) is 0 Å². The van der Waals surface area contributed by atoms with Gasteiger partial charge in [0, 0.05) is 17.7 Å². The van der Waals surface area contributed by atoms with E-state index in [1.807, 2.05) is 0 Å². The van der Waals surface area contributed by atoms with Crippen molar-refractivity contribution >= 4 is 11.8 Å². The second-order valence-corrected chi connectivity index (χ2v) is 7.19. The molecule has 1 aromatic rings. The average Bonchev–Trinajstić information content (AvgIpc) is 3.18. The number of hydrogen-bond acceptors (Lipinski definition) is 5. The molecule has 0 radical (unpaired) electrons. The number of hydrogen-bond donors (Lipinski definition) is 0. The predicted octanol–water partition coefficient (Wildman–Crippen LogP) is 3.05. The number of rotatable bonds is 5. The van der Waals surface area contributed by atoms with Gasteiger partial charge in [0.2, 0.25) is 11.8 Å².